The number of rotatable bonds is 10. The molecule has 0 aliphatic heterocycles. The third kappa shape index (κ3) is 6.24. The molecule has 0 aliphatic rings. The molecule has 0 N–H and O–H groups in total. The van der Waals surface area contributed by atoms with Crippen LogP contribution in [0, 0.1) is 0 Å². The summed E-state index contributed by atoms with van der Waals surface area (Å²) in [6.07, 6.45) is 6.42. The number of fused-ring (bicyclic) bond motifs is 1. The summed E-state index contributed by atoms with van der Waals surface area (Å²) < 4.78 is 32.4. The van der Waals surface area contributed by atoms with Gasteiger partial charge in [0.2, 0.25) is 0 Å². The minimum absolute atomic E-state index is 0.258. The molecular formula is C23H28N2O4S3. The van der Waals surface area contributed by atoms with Crippen LogP contribution >= 0.6 is 23.1 Å². The number of carbonyl (C=O) groups excluding carboxylic acids is 1. The fourth-order valence-corrected chi connectivity index (χ4v) is 5.36. The molecule has 0 saturated heterocycles. The molecule has 0 aliphatic carbocycles. The number of nitrogens with zero attached hydrogens (tertiary/aromatic N) is 2. The summed E-state index contributed by atoms with van der Waals surface area (Å²) in [5.74, 6) is 1.16. The lowest BCUT2D eigenvalue weighted by atomic mass is 10.2. The number of aromatic nitrogens is 1. The molecule has 1 aromatic heterocycles. The van der Waals surface area contributed by atoms with Crippen LogP contribution in [-0.2, 0) is 16.4 Å². The first-order chi connectivity index (χ1) is 15.3. The van der Waals surface area contributed by atoms with Crippen molar-refractivity contribution in [2.24, 2.45) is 4.99 Å². The van der Waals surface area contributed by atoms with Gasteiger partial charge in [-0.15, -0.1) is 0 Å². The van der Waals surface area contributed by atoms with Gasteiger partial charge in [0.05, 0.1) is 21.7 Å². The highest BCUT2D eigenvalue weighted by Crippen LogP contribution is 2.22. The van der Waals surface area contributed by atoms with Crippen molar-refractivity contribution in [2.45, 2.75) is 37.6 Å². The van der Waals surface area contributed by atoms with Crippen LogP contribution in [-0.4, -0.2) is 43.8 Å². The summed E-state index contributed by atoms with van der Waals surface area (Å²) >= 11 is 3.02. The van der Waals surface area contributed by atoms with E-state index in [9.17, 15) is 13.2 Å². The molecule has 0 saturated carbocycles. The topological polar surface area (TPSA) is 77.7 Å². The van der Waals surface area contributed by atoms with Crippen molar-refractivity contribution in [1.29, 1.82) is 0 Å². The number of sulfone groups is 1. The summed E-state index contributed by atoms with van der Waals surface area (Å²) in [5.41, 5.74) is 1.33. The van der Waals surface area contributed by atoms with Crippen molar-refractivity contribution < 1.29 is 17.9 Å². The van der Waals surface area contributed by atoms with Gasteiger partial charge >= 0.3 is 0 Å². The molecule has 32 heavy (non-hydrogen) atoms. The Morgan fingerprint density at radius 2 is 2.00 bits per heavy atom. The van der Waals surface area contributed by atoms with Gasteiger partial charge in [-0.2, -0.15) is 16.8 Å². The van der Waals surface area contributed by atoms with E-state index in [1.165, 1.54) is 17.6 Å². The van der Waals surface area contributed by atoms with Crippen molar-refractivity contribution in [1.82, 2.24) is 4.57 Å². The van der Waals surface area contributed by atoms with Gasteiger partial charge in [-0.3, -0.25) is 4.79 Å². The van der Waals surface area contributed by atoms with Gasteiger partial charge in [-0.25, -0.2) is 8.42 Å². The molecule has 9 heteroatoms. The smallest absolute Gasteiger partial charge is 0.279 e. The zero-order valence-corrected chi connectivity index (χ0v) is 21.0. The van der Waals surface area contributed by atoms with Gasteiger partial charge in [0, 0.05) is 24.1 Å². The molecule has 0 bridgehead atoms. The summed E-state index contributed by atoms with van der Waals surface area (Å²) in [5, 5.41) is 0. The van der Waals surface area contributed by atoms with Crippen LogP contribution in [0.25, 0.3) is 10.2 Å². The van der Waals surface area contributed by atoms with Gasteiger partial charge in [-0.05, 0) is 49.1 Å². The van der Waals surface area contributed by atoms with Crippen LogP contribution in [0.1, 0.15) is 36.5 Å². The van der Waals surface area contributed by atoms with Crippen LogP contribution in [0.15, 0.2) is 52.4 Å². The molecule has 3 aromatic rings. The maximum Gasteiger partial charge on any atom is 0.279 e. The number of carbonyl (C=O) groups is 1. The number of unbranched alkanes of at least 4 members (excludes halogenated alkanes) is 2. The van der Waals surface area contributed by atoms with Crippen LogP contribution < -0.4 is 9.54 Å². The maximum absolute atomic E-state index is 12.9. The molecular weight excluding hydrogens is 464 g/mol. The molecule has 2 aromatic carbocycles. The average Bonchev–Trinajstić information content (AvgIpc) is 3.11. The first-order valence-corrected chi connectivity index (χ1v) is 14.6. The van der Waals surface area contributed by atoms with E-state index in [2.05, 4.69) is 11.9 Å². The van der Waals surface area contributed by atoms with Crippen molar-refractivity contribution in [3.8, 4) is 5.75 Å². The molecule has 172 valence electrons. The number of thioether (sulfide) groups is 1. The van der Waals surface area contributed by atoms with Gasteiger partial charge in [0.1, 0.15) is 5.75 Å². The Hall–Kier alpha value is -2.10. The third-order valence-electron chi connectivity index (χ3n) is 4.90. The number of hydrogen-bond acceptors (Lipinski definition) is 6. The molecule has 0 spiro atoms. The monoisotopic (exact) mass is 492 g/mol. The van der Waals surface area contributed by atoms with Crippen LogP contribution in [0.4, 0.5) is 0 Å². The largest absolute Gasteiger partial charge is 0.494 e. The lowest BCUT2D eigenvalue weighted by molar-refractivity contribution is 0.0997. The Labute approximate surface area is 197 Å². The van der Waals surface area contributed by atoms with E-state index < -0.39 is 9.84 Å². The third-order valence-corrected chi connectivity index (χ3v) is 7.64. The molecule has 0 unspecified atom stereocenters. The highest BCUT2D eigenvalue weighted by atomic mass is 32.2. The second-order valence-corrected chi connectivity index (χ2v) is 11.4. The SMILES string of the molecule is CCCCCOc1cccc(C(=O)N=c2sc3cc(S(C)(=O)=O)ccc3n2CCSC)c1. The fourth-order valence-electron chi connectivity index (χ4n) is 3.18. The average molecular weight is 493 g/mol. The van der Waals surface area contributed by atoms with Gasteiger partial charge < -0.3 is 9.30 Å². The molecule has 0 radical (unpaired) electrons. The Morgan fingerprint density at radius 1 is 1.19 bits per heavy atom. The van der Waals surface area contributed by atoms with Gasteiger partial charge in [0.15, 0.2) is 14.6 Å². The van der Waals surface area contributed by atoms with Crippen molar-refractivity contribution in [3.05, 3.63) is 52.8 Å². The molecule has 1 heterocycles. The second-order valence-electron chi connectivity index (χ2n) is 7.43. The standard InChI is InChI=1S/C23H28N2O4S3/c1-4-5-6-13-29-18-9-7-8-17(15-18)22(26)24-23-25(12-14-30-2)20-11-10-19(32(3,27)28)16-21(20)31-23/h7-11,15-16H,4-6,12-14H2,1-3H3. The zero-order valence-electron chi connectivity index (χ0n) is 18.5. The highest BCUT2D eigenvalue weighted by molar-refractivity contribution is 7.98. The quantitative estimate of drug-likeness (QED) is 0.381. The molecule has 0 atom stereocenters. The normalized spacial score (nSPS) is 12.4. The number of benzene rings is 2. The Bertz CT molecular complexity index is 1260. The van der Waals surface area contributed by atoms with E-state index in [1.807, 2.05) is 16.9 Å². The minimum Gasteiger partial charge on any atom is -0.494 e. The lowest BCUT2D eigenvalue weighted by Gasteiger charge is -2.06. The molecule has 1 amide bonds. The first kappa shape index (κ1) is 24.5. The number of thiazole rings is 1. The summed E-state index contributed by atoms with van der Waals surface area (Å²) in [6.45, 7) is 3.44. The van der Waals surface area contributed by atoms with Crippen LogP contribution in [0.3, 0.4) is 0 Å². The lowest BCUT2D eigenvalue weighted by Crippen LogP contribution is -2.18. The summed E-state index contributed by atoms with van der Waals surface area (Å²) in [7, 11) is -3.32. The van der Waals surface area contributed by atoms with E-state index >= 15 is 0 Å². The van der Waals surface area contributed by atoms with E-state index in [1.54, 1.807) is 48.2 Å². The van der Waals surface area contributed by atoms with Gasteiger partial charge in [0.25, 0.3) is 5.91 Å². The van der Waals surface area contributed by atoms with Crippen molar-refractivity contribution >= 4 is 49.1 Å². The van der Waals surface area contributed by atoms with E-state index in [0.29, 0.717) is 29.3 Å². The fraction of sp³-hybridized carbons (Fsp3) is 0.391. The summed E-state index contributed by atoms with van der Waals surface area (Å²) in [6, 6.07) is 12.1. The Morgan fingerprint density at radius 3 is 2.72 bits per heavy atom. The highest BCUT2D eigenvalue weighted by Gasteiger charge is 2.13. The number of aryl methyl sites for hydroxylation is 1. The van der Waals surface area contributed by atoms with Crippen molar-refractivity contribution in [3.63, 3.8) is 0 Å². The zero-order chi connectivity index (χ0) is 23.1. The van der Waals surface area contributed by atoms with Crippen LogP contribution in [0.5, 0.6) is 5.75 Å². The number of ether oxygens (including phenoxy) is 1. The Kier molecular flexibility index (Phi) is 8.56. The maximum atomic E-state index is 12.9. The van der Waals surface area contributed by atoms with E-state index in [4.69, 9.17) is 4.74 Å². The Balaban J connectivity index is 1.96. The number of hydrogen-bond donors (Lipinski definition) is 0. The van der Waals surface area contributed by atoms with Crippen molar-refractivity contribution in [2.75, 3.05) is 24.9 Å². The van der Waals surface area contributed by atoms with E-state index in [-0.39, 0.29) is 10.8 Å². The summed E-state index contributed by atoms with van der Waals surface area (Å²) in [4.78, 5) is 18.1. The molecule has 0 fully saturated rings. The predicted octanol–water partition coefficient (Wildman–Crippen LogP) is 4.78. The number of amides is 1. The predicted molar refractivity (Wildman–Crippen MR) is 133 cm³/mol. The van der Waals surface area contributed by atoms with Crippen LogP contribution in [0.2, 0.25) is 0 Å². The first-order valence-electron chi connectivity index (χ1n) is 10.5. The molecule has 6 nitrogen and oxygen atoms in total. The minimum atomic E-state index is -3.32. The van der Waals surface area contributed by atoms with Gasteiger partial charge in [-0.1, -0.05) is 37.2 Å². The second kappa shape index (κ2) is 11.2. The van der Waals surface area contributed by atoms with E-state index in [0.717, 1.165) is 35.2 Å². The molecule has 3 rings (SSSR count).